The second-order valence-corrected chi connectivity index (χ2v) is 4.73. The van der Waals surface area contributed by atoms with E-state index in [1.54, 1.807) is 6.07 Å². The molecule has 1 fully saturated rings. The van der Waals surface area contributed by atoms with Crippen LogP contribution in [0, 0.1) is 5.92 Å². The van der Waals surface area contributed by atoms with E-state index in [0.717, 1.165) is 13.1 Å². The highest BCUT2D eigenvalue weighted by molar-refractivity contribution is 5.30. The average Bonchev–Trinajstić information content (AvgIpc) is 2.17. The number of likely N-dealkylation sites (tertiary alicyclic amines) is 1. The van der Waals surface area contributed by atoms with E-state index in [-0.39, 0.29) is 0 Å². The fourth-order valence-corrected chi connectivity index (χ4v) is 2.60. The maximum Gasteiger partial charge on any atom is 0.115 e. The molecular formula is C13H19NO. The molecule has 82 valence electrons. The maximum absolute atomic E-state index is 9.47. The highest BCUT2D eigenvalue weighted by Crippen LogP contribution is 2.33. The van der Waals surface area contributed by atoms with Gasteiger partial charge in [-0.15, -0.1) is 0 Å². The van der Waals surface area contributed by atoms with Crippen LogP contribution < -0.4 is 0 Å². The Kier molecular flexibility index (Phi) is 2.96. The molecule has 1 aromatic rings. The second-order valence-electron chi connectivity index (χ2n) is 4.73. The summed E-state index contributed by atoms with van der Waals surface area (Å²) >= 11 is 0. The maximum atomic E-state index is 9.47. The molecule has 2 atom stereocenters. The SMILES string of the molecule is C[C@H]1CN(C)CCC1c1cccc(O)c1. The minimum absolute atomic E-state index is 0.388. The monoisotopic (exact) mass is 205 g/mol. The molecule has 1 heterocycles. The lowest BCUT2D eigenvalue weighted by molar-refractivity contribution is 0.195. The van der Waals surface area contributed by atoms with Crippen LogP contribution in [0.4, 0.5) is 0 Å². The molecule has 1 N–H and O–H groups in total. The molecule has 0 spiro atoms. The number of aromatic hydroxyl groups is 1. The zero-order chi connectivity index (χ0) is 10.8. The quantitative estimate of drug-likeness (QED) is 0.761. The molecule has 1 aliphatic heterocycles. The topological polar surface area (TPSA) is 23.5 Å². The second kappa shape index (κ2) is 4.23. The van der Waals surface area contributed by atoms with Crippen molar-refractivity contribution in [1.29, 1.82) is 0 Å². The van der Waals surface area contributed by atoms with Crippen molar-refractivity contribution in [2.45, 2.75) is 19.3 Å². The van der Waals surface area contributed by atoms with Crippen molar-refractivity contribution >= 4 is 0 Å². The smallest absolute Gasteiger partial charge is 0.115 e. The highest BCUT2D eigenvalue weighted by atomic mass is 16.3. The van der Waals surface area contributed by atoms with Crippen molar-refractivity contribution in [2.24, 2.45) is 5.92 Å². The van der Waals surface area contributed by atoms with E-state index in [9.17, 15) is 5.11 Å². The molecular weight excluding hydrogens is 186 g/mol. The molecule has 0 aromatic heterocycles. The summed E-state index contributed by atoms with van der Waals surface area (Å²) in [7, 11) is 2.18. The average molecular weight is 205 g/mol. The van der Waals surface area contributed by atoms with Crippen LogP contribution in [0.5, 0.6) is 5.75 Å². The van der Waals surface area contributed by atoms with Crippen LogP contribution in [0.25, 0.3) is 0 Å². The number of rotatable bonds is 1. The van der Waals surface area contributed by atoms with Crippen LogP contribution in [0.15, 0.2) is 24.3 Å². The third-order valence-electron chi connectivity index (χ3n) is 3.41. The van der Waals surface area contributed by atoms with Crippen molar-refractivity contribution in [3.8, 4) is 5.75 Å². The molecule has 0 bridgehead atoms. The summed E-state index contributed by atoms with van der Waals surface area (Å²) in [5, 5.41) is 9.47. The molecule has 2 nitrogen and oxygen atoms in total. The number of hydrogen-bond acceptors (Lipinski definition) is 2. The molecule has 1 aromatic carbocycles. The zero-order valence-corrected chi connectivity index (χ0v) is 9.48. The lowest BCUT2D eigenvalue weighted by atomic mass is 9.82. The zero-order valence-electron chi connectivity index (χ0n) is 9.48. The fourth-order valence-electron chi connectivity index (χ4n) is 2.60. The Balaban J connectivity index is 2.17. The van der Waals surface area contributed by atoms with Crippen LogP contribution in [-0.2, 0) is 0 Å². The van der Waals surface area contributed by atoms with E-state index in [1.807, 2.05) is 12.1 Å². The van der Waals surface area contributed by atoms with Crippen LogP contribution in [0.3, 0.4) is 0 Å². The first-order chi connectivity index (χ1) is 7.16. The molecule has 0 radical (unpaired) electrons. The molecule has 15 heavy (non-hydrogen) atoms. The Morgan fingerprint density at radius 3 is 2.87 bits per heavy atom. The molecule has 0 aliphatic carbocycles. The predicted octanol–water partition coefficient (Wildman–Crippen LogP) is 2.45. The van der Waals surface area contributed by atoms with Gasteiger partial charge in [-0.3, -0.25) is 0 Å². The van der Waals surface area contributed by atoms with E-state index in [0.29, 0.717) is 17.6 Å². The van der Waals surface area contributed by atoms with Gasteiger partial charge in [-0.05, 0) is 49.5 Å². The lowest BCUT2D eigenvalue weighted by Gasteiger charge is -2.35. The van der Waals surface area contributed by atoms with Crippen molar-refractivity contribution in [3.05, 3.63) is 29.8 Å². The van der Waals surface area contributed by atoms with Gasteiger partial charge >= 0.3 is 0 Å². The van der Waals surface area contributed by atoms with Gasteiger partial charge in [-0.1, -0.05) is 19.1 Å². The van der Waals surface area contributed by atoms with E-state index in [1.165, 1.54) is 12.0 Å². The molecule has 0 saturated carbocycles. The van der Waals surface area contributed by atoms with Gasteiger partial charge in [0.25, 0.3) is 0 Å². The molecule has 1 saturated heterocycles. The number of nitrogens with zero attached hydrogens (tertiary/aromatic N) is 1. The van der Waals surface area contributed by atoms with Crippen LogP contribution in [0.1, 0.15) is 24.8 Å². The summed E-state index contributed by atoms with van der Waals surface area (Å²) in [4.78, 5) is 2.38. The predicted molar refractivity (Wildman–Crippen MR) is 62.1 cm³/mol. The molecule has 1 unspecified atom stereocenters. The third kappa shape index (κ3) is 2.32. The number of phenolic OH excluding ortho intramolecular Hbond substituents is 1. The number of piperidine rings is 1. The largest absolute Gasteiger partial charge is 0.508 e. The van der Waals surface area contributed by atoms with Crippen molar-refractivity contribution in [3.63, 3.8) is 0 Å². The Bertz CT molecular complexity index is 337. The standard InChI is InChI=1S/C13H19NO/c1-10-9-14(2)7-6-13(10)11-4-3-5-12(15)8-11/h3-5,8,10,13,15H,6-7,9H2,1-2H3/t10-,13?/m0/s1. The van der Waals surface area contributed by atoms with E-state index < -0.39 is 0 Å². The lowest BCUT2D eigenvalue weighted by Crippen LogP contribution is -2.35. The Hall–Kier alpha value is -1.02. The van der Waals surface area contributed by atoms with Crippen molar-refractivity contribution < 1.29 is 5.11 Å². The number of benzene rings is 1. The van der Waals surface area contributed by atoms with E-state index in [2.05, 4.69) is 24.9 Å². The van der Waals surface area contributed by atoms with Gasteiger partial charge in [0.05, 0.1) is 0 Å². The van der Waals surface area contributed by atoms with Crippen LogP contribution in [0.2, 0.25) is 0 Å². The Labute approximate surface area is 91.5 Å². The summed E-state index contributed by atoms with van der Waals surface area (Å²) in [6.45, 7) is 4.61. The van der Waals surface area contributed by atoms with Gasteiger partial charge in [0, 0.05) is 6.54 Å². The number of phenols is 1. The van der Waals surface area contributed by atoms with Crippen molar-refractivity contribution in [2.75, 3.05) is 20.1 Å². The molecule has 2 rings (SSSR count). The minimum Gasteiger partial charge on any atom is -0.508 e. The van der Waals surface area contributed by atoms with Gasteiger partial charge in [-0.2, -0.15) is 0 Å². The normalized spacial score (nSPS) is 27.9. The van der Waals surface area contributed by atoms with Crippen LogP contribution >= 0.6 is 0 Å². The fraction of sp³-hybridized carbons (Fsp3) is 0.538. The summed E-state index contributed by atoms with van der Waals surface area (Å²) in [6, 6.07) is 7.72. The summed E-state index contributed by atoms with van der Waals surface area (Å²) in [5.74, 6) is 1.66. The summed E-state index contributed by atoms with van der Waals surface area (Å²) in [6.07, 6.45) is 1.20. The number of hydrogen-bond donors (Lipinski definition) is 1. The van der Waals surface area contributed by atoms with Gasteiger partial charge in [0.1, 0.15) is 5.75 Å². The van der Waals surface area contributed by atoms with Crippen molar-refractivity contribution in [1.82, 2.24) is 4.90 Å². The molecule has 1 aliphatic rings. The first kappa shape index (κ1) is 10.5. The van der Waals surface area contributed by atoms with Gasteiger partial charge in [0.15, 0.2) is 0 Å². The van der Waals surface area contributed by atoms with Gasteiger partial charge in [0.2, 0.25) is 0 Å². The Morgan fingerprint density at radius 2 is 2.20 bits per heavy atom. The third-order valence-corrected chi connectivity index (χ3v) is 3.41. The Morgan fingerprint density at radius 1 is 1.40 bits per heavy atom. The summed E-state index contributed by atoms with van der Waals surface area (Å²) in [5.41, 5.74) is 1.29. The van der Waals surface area contributed by atoms with Gasteiger partial charge < -0.3 is 10.0 Å². The first-order valence-corrected chi connectivity index (χ1v) is 5.64. The molecule has 0 amide bonds. The summed E-state index contributed by atoms with van der Waals surface area (Å²) < 4.78 is 0. The highest BCUT2D eigenvalue weighted by Gasteiger charge is 2.25. The van der Waals surface area contributed by atoms with E-state index in [4.69, 9.17) is 0 Å². The molecule has 2 heteroatoms. The van der Waals surface area contributed by atoms with E-state index >= 15 is 0 Å². The van der Waals surface area contributed by atoms with Gasteiger partial charge in [-0.25, -0.2) is 0 Å². The van der Waals surface area contributed by atoms with Crippen LogP contribution in [-0.4, -0.2) is 30.1 Å². The minimum atomic E-state index is 0.388. The first-order valence-electron chi connectivity index (χ1n) is 5.64.